The monoisotopic (exact) mass is 461 g/mol. The highest BCUT2D eigenvalue weighted by molar-refractivity contribution is 7.89. The molecule has 1 N–H and O–H groups in total. The predicted molar refractivity (Wildman–Crippen MR) is 123 cm³/mol. The zero-order valence-electron chi connectivity index (χ0n) is 19.0. The van der Waals surface area contributed by atoms with E-state index in [-0.39, 0.29) is 23.2 Å². The molecule has 0 saturated carbocycles. The number of furan rings is 1. The Kier molecular flexibility index (Phi) is 7.40. The smallest absolute Gasteiger partial charge is 0.303 e. The van der Waals surface area contributed by atoms with Crippen LogP contribution in [0.3, 0.4) is 0 Å². The van der Waals surface area contributed by atoms with Gasteiger partial charge in [0.1, 0.15) is 0 Å². The highest BCUT2D eigenvalue weighted by atomic mass is 32.2. The molecule has 0 atom stereocenters. The molecule has 0 unspecified atom stereocenters. The molecule has 0 aliphatic heterocycles. The lowest BCUT2D eigenvalue weighted by Crippen LogP contribution is -2.37. The van der Waals surface area contributed by atoms with Gasteiger partial charge in [-0.15, -0.1) is 0 Å². The van der Waals surface area contributed by atoms with Crippen LogP contribution in [0.4, 0.5) is 0 Å². The zero-order valence-corrected chi connectivity index (χ0v) is 19.8. The van der Waals surface area contributed by atoms with Gasteiger partial charge in [0.2, 0.25) is 10.0 Å². The second-order valence-electron chi connectivity index (χ2n) is 8.82. The van der Waals surface area contributed by atoms with Crippen molar-refractivity contribution >= 4 is 27.0 Å². The minimum atomic E-state index is -3.69. The Morgan fingerprint density at radius 2 is 1.84 bits per heavy atom. The van der Waals surface area contributed by atoms with Gasteiger partial charge in [-0.2, -0.15) is 4.31 Å². The summed E-state index contributed by atoms with van der Waals surface area (Å²) in [5, 5.41) is 9.00. The van der Waals surface area contributed by atoms with E-state index in [9.17, 15) is 13.2 Å². The van der Waals surface area contributed by atoms with Gasteiger partial charge in [-0.1, -0.05) is 27.7 Å². The highest BCUT2D eigenvalue weighted by Crippen LogP contribution is 2.29. The van der Waals surface area contributed by atoms with Crippen LogP contribution in [0.2, 0.25) is 0 Å². The molecular weight excluding hydrogens is 430 g/mol. The van der Waals surface area contributed by atoms with Gasteiger partial charge in [0, 0.05) is 26.1 Å². The molecule has 1 aromatic carbocycles. The molecule has 2 aromatic heterocycles. The van der Waals surface area contributed by atoms with Crippen LogP contribution in [-0.2, 0) is 21.4 Å². The van der Waals surface area contributed by atoms with Crippen molar-refractivity contribution in [1.29, 1.82) is 0 Å². The summed E-state index contributed by atoms with van der Waals surface area (Å²) in [5.74, 6) is 0.628. The lowest BCUT2D eigenvalue weighted by Gasteiger charge is -2.25. The first-order chi connectivity index (χ1) is 15.1. The van der Waals surface area contributed by atoms with Crippen molar-refractivity contribution < 1.29 is 22.7 Å². The van der Waals surface area contributed by atoms with Gasteiger partial charge in [-0.05, 0) is 48.6 Å². The van der Waals surface area contributed by atoms with E-state index in [1.807, 2.05) is 32.3 Å². The van der Waals surface area contributed by atoms with Gasteiger partial charge in [0.25, 0.3) is 0 Å². The van der Waals surface area contributed by atoms with E-state index in [0.29, 0.717) is 43.2 Å². The number of carboxylic acid groups (broad SMARTS) is 1. The van der Waals surface area contributed by atoms with E-state index in [4.69, 9.17) is 9.52 Å². The number of aromatic nitrogens is 2. The summed E-state index contributed by atoms with van der Waals surface area (Å²) in [6, 6.07) is 8.47. The first-order valence-electron chi connectivity index (χ1n) is 10.9. The van der Waals surface area contributed by atoms with Crippen molar-refractivity contribution in [3.63, 3.8) is 0 Å². The van der Waals surface area contributed by atoms with Crippen LogP contribution in [0.25, 0.3) is 22.6 Å². The van der Waals surface area contributed by atoms with Gasteiger partial charge in [-0.3, -0.25) is 4.79 Å². The minimum Gasteiger partial charge on any atom is -0.481 e. The van der Waals surface area contributed by atoms with Gasteiger partial charge in [-0.25, -0.2) is 13.4 Å². The topological polar surface area (TPSA) is 106 Å². The molecule has 0 saturated heterocycles. The number of rotatable bonds is 11. The van der Waals surface area contributed by atoms with E-state index in [2.05, 4.69) is 4.98 Å². The Morgan fingerprint density at radius 3 is 2.41 bits per heavy atom. The molecule has 0 radical (unpaired) electrons. The average molecular weight is 462 g/mol. The van der Waals surface area contributed by atoms with Crippen molar-refractivity contribution in [1.82, 2.24) is 13.9 Å². The van der Waals surface area contributed by atoms with Crippen LogP contribution in [0.15, 0.2) is 45.9 Å². The van der Waals surface area contributed by atoms with Crippen LogP contribution in [0, 0.1) is 11.8 Å². The molecule has 8 nitrogen and oxygen atoms in total. The number of benzene rings is 1. The first-order valence-corrected chi connectivity index (χ1v) is 12.3. The van der Waals surface area contributed by atoms with Crippen molar-refractivity contribution in [3.8, 4) is 11.6 Å². The quantitative estimate of drug-likeness (QED) is 0.452. The molecule has 0 spiro atoms. The fourth-order valence-electron chi connectivity index (χ4n) is 3.71. The number of fused-ring (bicyclic) bond motifs is 1. The summed E-state index contributed by atoms with van der Waals surface area (Å²) >= 11 is 0. The summed E-state index contributed by atoms with van der Waals surface area (Å²) < 4.78 is 35.8. The lowest BCUT2D eigenvalue weighted by molar-refractivity contribution is -0.137. The molecule has 174 valence electrons. The van der Waals surface area contributed by atoms with Crippen molar-refractivity contribution in [2.24, 2.45) is 11.8 Å². The van der Waals surface area contributed by atoms with Crippen molar-refractivity contribution in [2.45, 2.75) is 52.0 Å². The Bertz CT molecular complexity index is 1150. The van der Waals surface area contributed by atoms with Gasteiger partial charge in [0.15, 0.2) is 11.6 Å². The maximum Gasteiger partial charge on any atom is 0.303 e. The normalized spacial score (nSPS) is 12.5. The van der Waals surface area contributed by atoms with E-state index in [1.54, 1.807) is 40.9 Å². The number of imidazole rings is 1. The third-order valence-electron chi connectivity index (χ3n) is 5.01. The van der Waals surface area contributed by atoms with Crippen LogP contribution in [0.1, 0.15) is 40.5 Å². The minimum absolute atomic E-state index is 0.0308. The maximum atomic E-state index is 13.4. The molecule has 3 aromatic rings. The summed E-state index contributed by atoms with van der Waals surface area (Å²) in [6.07, 6.45) is 2.00. The number of hydrogen-bond donors (Lipinski definition) is 1. The summed E-state index contributed by atoms with van der Waals surface area (Å²) in [5.41, 5.74) is 1.27. The fraction of sp³-hybridized carbons (Fsp3) is 0.478. The second kappa shape index (κ2) is 9.87. The Labute approximate surface area is 188 Å². The predicted octanol–water partition coefficient (Wildman–Crippen LogP) is 4.46. The van der Waals surface area contributed by atoms with Crippen LogP contribution >= 0.6 is 0 Å². The molecule has 0 fully saturated rings. The third kappa shape index (κ3) is 5.39. The Morgan fingerprint density at radius 1 is 1.16 bits per heavy atom. The van der Waals surface area contributed by atoms with Gasteiger partial charge < -0.3 is 14.1 Å². The number of nitrogens with zero attached hydrogens (tertiary/aromatic N) is 3. The van der Waals surface area contributed by atoms with Crippen LogP contribution < -0.4 is 0 Å². The van der Waals surface area contributed by atoms with E-state index in [0.717, 1.165) is 5.52 Å². The number of sulfonamides is 1. The molecule has 2 heterocycles. The number of aliphatic carboxylic acids is 1. The molecule has 0 amide bonds. The van der Waals surface area contributed by atoms with Gasteiger partial charge in [0.05, 0.1) is 22.2 Å². The number of carbonyl (C=O) groups is 1. The SMILES string of the molecule is CC(C)CN(CC(C)C)S(=O)(=O)c1ccc2c(c1)nc(-c1ccco1)n2CCCC(=O)O. The number of hydrogen-bond acceptors (Lipinski definition) is 5. The van der Waals surface area contributed by atoms with Gasteiger partial charge >= 0.3 is 5.97 Å². The first kappa shape index (κ1) is 24.0. The summed E-state index contributed by atoms with van der Waals surface area (Å²) in [4.78, 5) is 15.8. The highest BCUT2D eigenvalue weighted by Gasteiger charge is 2.27. The lowest BCUT2D eigenvalue weighted by atomic mass is 10.2. The molecule has 0 aliphatic rings. The largest absolute Gasteiger partial charge is 0.481 e. The Hall–Kier alpha value is -2.65. The summed E-state index contributed by atoms with van der Waals surface area (Å²) in [7, 11) is -3.69. The second-order valence-corrected chi connectivity index (χ2v) is 10.8. The average Bonchev–Trinajstić information content (AvgIpc) is 3.34. The molecular formula is C23H31N3O5S. The summed E-state index contributed by atoms with van der Waals surface area (Å²) in [6.45, 7) is 9.32. The van der Waals surface area contributed by atoms with Crippen LogP contribution in [-0.4, -0.2) is 46.4 Å². The molecule has 3 rings (SSSR count). The Balaban J connectivity index is 2.05. The van der Waals surface area contributed by atoms with E-state index in [1.165, 1.54) is 0 Å². The number of aryl methyl sites for hydroxylation is 1. The maximum absolute atomic E-state index is 13.4. The fourth-order valence-corrected chi connectivity index (χ4v) is 5.50. The standard InChI is InChI=1S/C23H31N3O5S/c1-16(2)14-25(15-17(3)4)32(29,30)18-9-10-20-19(13-18)24-23(21-7-6-12-31-21)26(20)11-5-8-22(27)28/h6-7,9-10,12-13,16-17H,5,8,11,14-15H2,1-4H3,(H,27,28). The molecule has 9 heteroatoms. The van der Waals surface area contributed by atoms with E-state index < -0.39 is 16.0 Å². The number of carboxylic acids is 1. The van der Waals surface area contributed by atoms with Crippen molar-refractivity contribution in [3.05, 3.63) is 36.6 Å². The van der Waals surface area contributed by atoms with E-state index >= 15 is 0 Å². The molecule has 0 aliphatic carbocycles. The zero-order chi connectivity index (χ0) is 23.5. The molecule has 0 bridgehead atoms. The third-order valence-corrected chi connectivity index (χ3v) is 6.84. The molecule has 32 heavy (non-hydrogen) atoms. The van der Waals surface area contributed by atoms with Crippen molar-refractivity contribution in [2.75, 3.05) is 13.1 Å². The van der Waals surface area contributed by atoms with Crippen LogP contribution in [0.5, 0.6) is 0 Å².